The molecule has 0 amide bonds. The minimum atomic E-state index is 0.297. The lowest BCUT2D eigenvalue weighted by molar-refractivity contribution is 0.307. The monoisotopic (exact) mass is 312 g/mol. The zero-order valence-electron chi connectivity index (χ0n) is 10.9. The average molecular weight is 313 g/mol. The lowest BCUT2D eigenvalue weighted by atomic mass is 10.1. The van der Waals surface area contributed by atoms with E-state index in [0.29, 0.717) is 6.04 Å². The van der Waals surface area contributed by atoms with Gasteiger partial charge in [0.15, 0.2) is 4.67 Å². The third-order valence-electron chi connectivity index (χ3n) is 4.11. The minimum absolute atomic E-state index is 0.297. The summed E-state index contributed by atoms with van der Waals surface area (Å²) >= 11 is 3.35. The largest absolute Gasteiger partial charge is 0.453 e. The SMILES string of the molecule is CC(NCC1CCN(C2CC2)C1)c1ccc(Br)o1. The summed E-state index contributed by atoms with van der Waals surface area (Å²) in [5, 5.41) is 3.59. The van der Waals surface area contributed by atoms with Gasteiger partial charge in [-0.05, 0) is 73.3 Å². The second-order valence-electron chi connectivity index (χ2n) is 5.65. The van der Waals surface area contributed by atoms with Gasteiger partial charge in [-0.15, -0.1) is 0 Å². The molecule has 2 aliphatic rings. The van der Waals surface area contributed by atoms with Crippen molar-refractivity contribution in [2.75, 3.05) is 19.6 Å². The molecule has 18 heavy (non-hydrogen) atoms. The summed E-state index contributed by atoms with van der Waals surface area (Å²) in [6.07, 6.45) is 4.20. The Labute approximate surface area is 117 Å². The highest BCUT2D eigenvalue weighted by Crippen LogP contribution is 2.31. The molecule has 2 fully saturated rings. The standard InChI is InChI=1S/C14H21BrN2O/c1-10(13-4-5-14(15)18-13)16-8-11-6-7-17(9-11)12-2-3-12/h4-5,10-12,16H,2-3,6-9H2,1H3. The molecule has 0 bridgehead atoms. The number of furan rings is 1. The summed E-state index contributed by atoms with van der Waals surface area (Å²) in [6.45, 7) is 5.85. The Morgan fingerprint density at radius 2 is 2.28 bits per heavy atom. The normalized spacial score (nSPS) is 26.7. The van der Waals surface area contributed by atoms with E-state index in [9.17, 15) is 0 Å². The van der Waals surface area contributed by atoms with Gasteiger partial charge in [-0.3, -0.25) is 0 Å². The maximum Gasteiger partial charge on any atom is 0.169 e. The molecule has 2 atom stereocenters. The van der Waals surface area contributed by atoms with Gasteiger partial charge in [-0.25, -0.2) is 0 Å². The van der Waals surface area contributed by atoms with E-state index in [-0.39, 0.29) is 0 Å². The van der Waals surface area contributed by atoms with Gasteiger partial charge < -0.3 is 14.6 Å². The molecular weight excluding hydrogens is 292 g/mol. The zero-order chi connectivity index (χ0) is 12.5. The topological polar surface area (TPSA) is 28.4 Å². The summed E-state index contributed by atoms with van der Waals surface area (Å²) in [4.78, 5) is 2.67. The van der Waals surface area contributed by atoms with E-state index in [2.05, 4.69) is 33.1 Å². The molecule has 2 unspecified atom stereocenters. The van der Waals surface area contributed by atoms with E-state index in [4.69, 9.17) is 4.42 Å². The van der Waals surface area contributed by atoms with Crippen molar-refractivity contribution in [3.05, 3.63) is 22.6 Å². The average Bonchev–Trinajstić information content (AvgIpc) is 2.95. The molecule has 3 rings (SSSR count). The molecule has 1 saturated carbocycles. The molecular formula is C14H21BrN2O. The Bertz CT molecular complexity index is 402. The summed E-state index contributed by atoms with van der Waals surface area (Å²) in [7, 11) is 0. The van der Waals surface area contributed by atoms with Gasteiger partial charge in [0, 0.05) is 12.6 Å². The maximum absolute atomic E-state index is 5.57. The van der Waals surface area contributed by atoms with Crippen molar-refractivity contribution in [3.8, 4) is 0 Å². The molecule has 4 heteroatoms. The van der Waals surface area contributed by atoms with Gasteiger partial charge >= 0.3 is 0 Å². The van der Waals surface area contributed by atoms with Crippen LogP contribution in [0, 0.1) is 5.92 Å². The number of nitrogens with zero attached hydrogens (tertiary/aromatic N) is 1. The van der Waals surface area contributed by atoms with Crippen molar-refractivity contribution < 1.29 is 4.42 Å². The fourth-order valence-corrected chi connectivity index (χ4v) is 3.12. The van der Waals surface area contributed by atoms with E-state index in [1.54, 1.807) is 0 Å². The highest BCUT2D eigenvalue weighted by Gasteiger charge is 2.34. The first-order chi connectivity index (χ1) is 8.72. The predicted octanol–water partition coefficient (Wildman–Crippen LogP) is 3.18. The van der Waals surface area contributed by atoms with Crippen molar-refractivity contribution >= 4 is 15.9 Å². The number of hydrogen-bond acceptors (Lipinski definition) is 3. The molecule has 0 spiro atoms. The molecule has 0 radical (unpaired) electrons. The Balaban J connectivity index is 1.44. The van der Waals surface area contributed by atoms with Crippen molar-refractivity contribution in [2.45, 2.75) is 38.3 Å². The van der Waals surface area contributed by atoms with Crippen LogP contribution in [0.15, 0.2) is 21.2 Å². The van der Waals surface area contributed by atoms with Gasteiger partial charge in [-0.1, -0.05) is 0 Å². The van der Waals surface area contributed by atoms with E-state index < -0.39 is 0 Å². The van der Waals surface area contributed by atoms with Crippen molar-refractivity contribution in [1.29, 1.82) is 0 Å². The number of rotatable bonds is 5. The quantitative estimate of drug-likeness (QED) is 0.905. The number of halogens is 1. The number of likely N-dealkylation sites (tertiary alicyclic amines) is 1. The summed E-state index contributed by atoms with van der Waals surface area (Å²) < 4.78 is 6.39. The van der Waals surface area contributed by atoms with Gasteiger partial charge in [-0.2, -0.15) is 0 Å². The Morgan fingerprint density at radius 1 is 1.44 bits per heavy atom. The molecule has 1 N–H and O–H groups in total. The first kappa shape index (κ1) is 12.7. The molecule has 1 aliphatic carbocycles. The molecule has 1 aliphatic heterocycles. The highest BCUT2D eigenvalue weighted by atomic mass is 79.9. The number of hydrogen-bond donors (Lipinski definition) is 1. The molecule has 1 aromatic heterocycles. The van der Waals surface area contributed by atoms with Crippen LogP contribution in [0.5, 0.6) is 0 Å². The molecule has 0 aromatic carbocycles. The molecule has 1 aromatic rings. The summed E-state index contributed by atoms with van der Waals surface area (Å²) in [5.41, 5.74) is 0. The van der Waals surface area contributed by atoms with E-state index in [1.807, 2.05) is 12.1 Å². The van der Waals surface area contributed by atoms with Crippen LogP contribution >= 0.6 is 15.9 Å². The predicted molar refractivity (Wildman–Crippen MR) is 75.5 cm³/mol. The van der Waals surface area contributed by atoms with Gasteiger partial charge in [0.25, 0.3) is 0 Å². The molecule has 3 nitrogen and oxygen atoms in total. The fraction of sp³-hybridized carbons (Fsp3) is 0.714. The Kier molecular flexibility index (Phi) is 3.78. The summed E-state index contributed by atoms with van der Waals surface area (Å²) in [5.74, 6) is 1.82. The van der Waals surface area contributed by atoms with Crippen LogP contribution in [0.2, 0.25) is 0 Å². The second kappa shape index (κ2) is 5.35. The van der Waals surface area contributed by atoms with Crippen LogP contribution < -0.4 is 5.32 Å². The zero-order valence-corrected chi connectivity index (χ0v) is 12.4. The first-order valence-electron chi connectivity index (χ1n) is 6.95. The lowest BCUT2D eigenvalue weighted by Gasteiger charge is -2.17. The fourth-order valence-electron chi connectivity index (χ4n) is 2.81. The third-order valence-corrected chi connectivity index (χ3v) is 4.54. The van der Waals surface area contributed by atoms with E-state index in [0.717, 1.165) is 28.9 Å². The highest BCUT2D eigenvalue weighted by molar-refractivity contribution is 9.10. The Morgan fingerprint density at radius 3 is 2.94 bits per heavy atom. The molecule has 2 heterocycles. The van der Waals surface area contributed by atoms with Crippen molar-refractivity contribution in [3.63, 3.8) is 0 Å². The number of nitrogens with one attached hydrogen (secondary N) is 1. The van der Waals surface area contributed by atoms with Gasteiger partial charge in [0.05, 0.1) is 6.04 Å². The van der Waals surface area contributed by atoms with Crippen LogP contribution in [-0.2, 0) is 0 Å². The van der Waals surface area contributed by atoms with E-state index >= 15 is 0 Å². The van der Waals surface area contributed by atoms with Gasteiger partial charge in [0.1, 0.15) is 5.76 Å². The maximum atomic E-state index is 5.57. The van der Waals surface area contributed by atoms with Crippen LogP contribution in [0.1, 0.15) is 38.0 Å². The first-order valence-corrected chi connectivity index (χ1v) is 7.74. The Hall–Kier alpha value is -0.320. The van der Waals surface area contributed by atoms with Gasteiger partial charge in [0.2, 0.25) is 0 Å². The van der Waals surface area contributed by atoms with Crippen LogP contribution in [0.4, 0.5) is 0 Å². The van der Waals surface area contributed by atoms with Crippen LogP contribution in [0.25, 0.3) is 0 Å². The van der Waals surface area contributed by atoms with Crippen LogP contribution in [-0.4, -0.2) is 30.6 Å². The lowest BCUT2D eigenvalue weighted by Crippen LogP contribution is -2.29. The van der Waals surface area contributed by atoms with Crippen molar-refractivity contribution in [2.24, 2.45) is 5.92 Å². The van der Waals surface area contributed by atoms with Crippen LogP contribution in [0.3, 0.4) is 0 Å². The third kappa shape index (κ3) is 2.98. The van der Waals surface area contributed by atoms with E-state index in [1.165, 1.54) is 32.4 Å². The minimum Gasteiger partial charge on any atom is -0.453 e. The smallest absolute Gasteiger partial charge is 0.169 e. The van der Waals surface area contributed by atoms with Crippen molar-refractivity contribution in [1.82, 2.24) is 10.2 Å². The second-order valence-corrected chi connectivity index (χ2v) is 6.43. The molecule has 1 saturated heterocycles. The summed E-state index contributed by atoms with van der Waals surface area (Å²) in [6, 6.07) is 5.21. The molecule has 100 valence electrons.